The van der Waals surface area contributed by atoms with Crippen molar-refractivity contribution in [3.05, 3.63) is 84.4 Å². The van der Waals surface area contributed by atoms with Crippen molar-refractivity contribution < 1.29 is 29.1 Å². The number of rotatable bonds is 8. The number of aliphatic hydroxyl groups excluding tert-OH is 1. The number of carbonyl (C=O) groups is 2. The molecule has 0 radical (unpaired) electrons. The number of hydrogen-bond donors (Lipinski definition) is 1. The van der Waals surface area contributed by atoms with Gasteiger partial charge in [0.15, 0.2) is 0 Å². The van der Waals surface area contributed by atoms with E-state index in [2.05, 4.69) is 20.9 Å². The van der Waals surface area contributed by atoms with E-state index in [4.69, 9.17) is 9.47 Å². The Morgan fingerprint density at radius 2 is 2.00 bits per heavy atom. The number of esters is 1. The van der Waals surface area contributed by atoms with Crippen molar-refractivity contribution in [3.8, 4) is 5.75 Å². The first-order valence-electron chi connectivity index (χ1n) is 10.5. The molecule has 1 N–H and O–H groups in total. The number of aliphatic hydroxyl groups is 1. The number of benzene rings is 2. The van der Waals surface area contributed by atoms with E-state index in [9.17, 15) is 24.8 Å². The standard InChI is InChI=1S/C24H21BrN2O7S/c1-3-20(28)26-23-21(24(30)33-4-2)22(29)19(35-23)12-15-11-16(25)8-9-18(15)34-13-14-6-5-7-17(10-14)27(31)32/h5-12,29H,3-4,13H2,1-2H3/b19-12-,26-23?. The van der Waals surface area contributed by atoms with E-state index >= 15 is 0 Å². The fraction of sp³-hybridized carbons (Fsp3) is 0.208. The van der Waals surface area contributed by atoms with Crippen LogP contribution in [0.4, 0.5) is 5.69 Å². The van der Waals surface area contributed by atoms with Gasteiger partial charge in [0.2, 0.25) is 5.91 Å². The van der Waals surface area contributed by atoms with Gasteiger partial charge in [-0.15, -0.1) is 0 Å². The molecule has 1 heterocycles. The summed E-state index contributed by atoms with van der Waals surface area (Å²) < 4.78 is 11.7. The minimum atomic E-state index is -0.778. The summed E-state index contributed by atoms with van der Waals surface area (Å²) in [5.41, 5.74) is 0.960. The highest BCUT2D eigenvalue weighted by molar-refractivity contribution is 9.10. The van der Waals surface area contributed by atoms with Gasteiger partial charge in [-0.05, 0) is 36.8 Å². The Morgan fingerprint density at radius 1 is 1.23 bits per heavy atom. The molecule has 35 heavy (non-hydrogen) atoms. The second kappa shape index (κ2) is 11.8. The number of nitro groups is 1. The van der Waals surface area contributed by atoms with Crippen LogP contribution in [-0.2, 0) is 20.9 Å². The lowest BCUT2D eigenvalue weighted by molar-refractivity contribution is -0.384. The minimum Gasteiger partial charge on any atom is -0.506 e. The van der Waals surface area contributed by atoms with Crippen molar-refractivity contribution in [1.29, 1.82) is 0 Å². The van der Waals surface area contributed by atoms with Crippen molar-refractivity contribution in [1.82, 2.24) is 0 Å². The summed E-state index contributed by atoms with van der Waals surface area (Å²) in [6, 6.07) is 11.3. The molecule has 0 bridgehead atoms. The maximum absolute atomic E-state index is 12.4. The van der Waals surface area contributed by atoms with Crippen LogP contribution < -0.4 is 4.74 Å². The van der Waals surface area contributed by atoms with Gasteiger partial charge in [0.1, 0.15) is 28.7 Å². The molecule has 0 aliphatic carbocycles. The Labute approximate surface area is 213 Å². The number of hydrogen-bond acceptors (Lipinski definition) is 8. The van der Waals surface area contributed by atoms with E-state index < -0.39 is 16.8 Å². The summed E-state index contributed by atoms with van der Waals surface area (Å²) in [7, 11) is 0. The molecule has 3 rings (SSSR count). The third-order valence-corrected chi connectivity index (χ3v) is 6.19. The second-order valence-corrected chi connectivity index (χ2v) is 9.06. The summed E-state index contributed by atoms with van der Waals surface area (Å²) in [4.78, 5) is 39.1. The summed E-state index contributed by atoms with van der Waals surface area (Å²) in [6.07, 6.45) is 1.74. The van der Waals surface area contributed by atoms with E-state index in [-0.39, 0.29) is 46.6 Å². The number of nitro benzene ring substituents is 1. The van der Waals surface area contributed by atoms with Gasteiger partial charge in [0.05, 0.1) is 16.4 Å². The molecule has 0 atom stereocenters. The quantitative estimate of drug-likeness (QED) is 0.246. The average molecular weight is 561 g/mol. The first-order chi connectivity index (χ1) is 16.7. The van der Waals surface area contributed by atoms with Gasteiger partial charge in [-0.25, -0.2) is 9.79 Å². The summed E-state index contributed by atoms with van der Waals surface area (Å²) >= 11 is 4.38. The molecule has 2 aromatic carbocycles. The predicted octanol–water partition coefficient (Wildman–Crippen LogP) is 5.73. The SMILES string of the molecule is CCOC(=O)C1=C(O)/C(=C/c2cc(Br)ccc2OCc2cccc([N+](=O)[O-])c2)SC1=NC(=O)CC. The van der Waals surface area contributed by atoms with E-state index in [0.29, 0.717) is 16.9 Å². The van der Waals surface area contributed by atoms with Gasteiger partial charge >= 0.3 is 5.97 Å². The van der Waals surface area contributed by atoms with E-state index in [1.807, 2.05) is 0 Å². The van der Waals surface area contributed by atoms with Gasteiger partial charge in [-0.2, -0.15) is 0 Å². The Morgan fingerprint density at radius 3 is 2.69 bits per heavy atom. The fourth-order valence-electron chi connectivity index (χ4n) is 3.01. The third-order valence-electron chi connectivity index (χ3n) is 4.67. The summed E-state index contributed by atoms with van der Waals surface area (Å²) in [6.45, 7) is 3.44. The molecule has 1 aliphatic rings. The van der Waals surface area contributed by atoms with Crippen LogP contribution in [0.25, 0.3) is 6.08 Å². The monoisotopic (exact) mass is 560 g/mol. The van der Waals surface area contributed by atoms with Gasteiger partial charge in [0, 0.05) is 28.6 Å². The smallest absolute Gasteiger partial charge is 0.344 e. The van der Waals surface area contributed by atoms with Crippen LogP contribution in [0.1, 0.15) is 31.4 Å². The summed E-state index contributed by atoms with van der Waals surface area (Å²) in [5.74, 6) is -1.12. The number of aliphatic imine (C=N–C) groups is 1. The molecule has 0 unspecified atom stereocenters. The first-order valence-corrected chi connectivity index (χ1v) is 12.1. The maximum atomic E-state index is 12.4. The summed E-state index contributed by atoms with van der Waals surface area (Å²) in [5, 5.41) is 21.9. The van der Waals surface area contributed by atoms with Crippen LogP contribution in [0.5, 0.6) is 5.75 Å². The number of nitrogens with zero attached hydrogens (tertiary/aromatic N) is 2. The second-order valence-electron chi connectivity index (χ2n) is 7.12. The molecule has 0 aromatic heterocycles. The molecule has 11 heteroatoms. The molecule has 0 saturated heterocycles. The van der Waals surface area contributed by atoms with Gasteiger partial charge in [0.25, 0.3) is 5.69 Å². The number of amides is 1. The van der Waals surface area contributed by atoms with Crippen LogP contribution in [0, 0.1) is 10.1 Å². The average Bonchev–Trinajstić information content (AvgIpc) is 3.13. The van der Waals surface area contributed by atoms with Crippen LogP contribution >= 0.6 is 27.7 Å². The lowest BCUT2D eigenvalue weighted by Gasteiger charge is -2.11. The minimum absolute atomic E-state index is 0.0402. The van der Waals surface area contributed by atoms with Crippen molar-refractivity contribution >= 4 is 56.4 Å². The molecular formula is C24H21BrN2O7S. The number of carbonyl (C=O) groups excluding carboxylic acids is 2. The van der Waals surface area contributed by atoms with Crippen LogP contribution in [-0.4, -0.2) is 33.6 Å². The van der Waals surface area contributed by atoms with E-state index in [1.165, 1.54) is 12.1 Å². The highest BCUT2D eigenvalue weighted by Crippen LogP contribution is 2.40. The molecule has 9 nitrogen and oxygen atoms in total. The Bertz CT molecular complexity index is 1270. The van der Waals surface area contributed by atoms with Crippen LogP contribution in [0.15, 0.2) is 68.2 Å². The molecule has 182 valence electrons. The van der Waals surface area contributed by atoms with E-state index in [1.54, 1.807) is 50.3 Å². The third kappa shape index (κ3) is 6.58. The topological polar surface area (TPSA) is 128 Å². The number of thioether (sulfide) groups is 1. The van der Waals surface area contributed by atoms with Gasteiger partial charge in [-0.1, -0.05) is 46.7 Å². The molecular weight excluding hydrogens is 540 g/mol. The fourth-order valence-corrected chi connectivity index (χ4v) is 4.41. The molecule has 1 aliphatic heterocycles. The Hall–Kier alpha value is -3.44. The Balaban J connectivity index is 1.96. The van der Waals surface area contributed by atoms with Gasteiger partial charge in [-0.3, -0.25) is 14.9 Å². The largest absolute Gasteiger partial charge is 0.506 e. The molecule has 0 fully saturated rings. The van der Waals surface area contributed by atoms with Crippen LogP contribution in [0.2, 0.25) is 0 Å². The predicted molar refractivity (Wildman–Crippen MR) is 136 cm³/mol. The lowest BCUT2D eigenvalue weighted by atomic mass is 10.1. The highest BCUT2D eigenvalue weighted by atomic mass is 79.9. The van der Waals surface area contributed by atoms with Crippen molar-refractivity contribution in [3.63, 3.8) is 0 Å². The normalized spacial score (nSPS) is 15.5. The van der Waals surface area contributed by atoms with Crippen LogP contribution in [0.3, 0.4) is 0 Å². The molecule has 2 aromatic rings. The Kier molecular flexibility index (Phi) is 8.83. The highest BCUT2D eigenvalue weighted by Gasteiger charge is 2.33. The molecule has 0 spiro atoms. The maximum Gasteiger partial charge on any atom is 0.344 e. The van der Waals surface area contributed by atoms with Crippen molar-refractivity contribution in [2.24, 2.45) is 4.99 Å². The number of ether oxygens (including phenoxy) is 2. The molecule has 0 saturated carbocycles. The zero-order valence-electron chi connectivity index (χ0n) is 18.8. The van der Waals surface area contributed by atoms with Gasteiger partial charge < -0.3 is 14.6 Å². The number of halogens is 1. The first kappa shape index (κ1) is 26.2. The van der Waals surface area contributed by atoms with Crippen molar-refractivity contribution in [2.45, 2.75) is 26.9 Å². The van der Waals surface area contributed by atoms with E-state index in [0.717, 1.165) is 16.2 Å². The zero-order valence-corrected chi connectivity index (χ0v) is 21.2. The zero-order chi connectivity index (χ0) is 25.5. The lowest BCUT2D eigenvalue weighted by Crippen LogP contribution is -2.14. The van der Waals surface area contributed by atoms with Crippen molar-refractivity contribution in [2.75, 3.05) is 6.61 Å². The molecule has 1 amide bonds. The number of non-ortho nitro benzene ring substituents is 1.